The number of aryl methyl sites for hydroxylation is 1. The summed E-state index contributed by atoms with van der Waals surface area (Å²) in [5.74, 6) is 0.527. The van der Waals surface area contributed by atoms with E-state index >= 15 is 0 Å². The molecule has 0 bridgehead atoms. The largest absolute Gasteiger partial charge is 0.355 e. The number of carbonyl (C=O) groups excluding carboxylic acids is 1. The van der Waals surface area contributed by atoms with E-state index in [1.54, 1.807) is 29.9 Å². The van der Waals surface area contributed by atoms with Crippen molar-refractivity contribution in [2.45, 2.75) is 19.8 Å². The van der Waals surface area contributed by atoms with Gasteiger partial charge in [0, 0.05) is 44.0 Å². The summed E-state index contributed by atoms with van der Waals surface area (Å²) in [6.07, 6.45) is 9.05. The fraction of sp³-hybridized carbons (Fsp3) is 0.429. The van der Waals surface area contributed by atoms with Crippen LogP contribution in [-0.2, 0) is 0 Å². The van der Waals surface area contributed by atoms with E-state index in [2.05, 4.69) is 30.1 Å². The second-order valence-corrected chi connectivity index (χ2v) is 8.18. The maximum Gasteiger partial charge on any atom is 0.275 e. The molecule has 2 saturated heterocycles. The first-order valence-electron chi connectivity index (χ1n) is 10.3. The molecule has 0 spiro atoms. The van der Waals surface area contributed by atoms with Crippen LogP contribution < -0.4 is 10.2 Å². The molecule has 2 fully saturated rings. The van der Waals surface area contributed by atoms with Gasteiger partial charge in [0.1, 0.15) is 11.5 Å². The number of halogens is 1. The number of rotatable bonds is 5. The lowest BCUT2D eigenvalue weighted by molar-refractivity contribution is 0.102. The van der Waals surface area contributed by atoms with Crippen LogP contribution in [0.4, 0.5) is 15.9 Å². The van der Waals surface area contributed by atoms with Crippen LogP contribution in [-0.4, -0.2) is 62.9 Å². The molecule has 8 nitrogen and oxygen atoms in total. The van der Waals surface area contributed by atoms with Crippen molar-refractivity contribution in [3.8, 4) is 0 Å². The van der Waals surface area contributed by atoms with Gasteiger partial charge in [0.05, 0.1) is 23.8 Å². The number of amides is 1. The standard InChI is InChI=1S/C21H24FN7O/c1-14-9-29-13-16(6-17(22)20(29)25-14)26-21(30)18-7-24-19(8-23-18)28-11-15(12-28)10-27-4-2-3-5-27/h6-9,13,15H,2-5,10-12H2,1H3,(H,26,30). The summed E-state index contributed by atoms with van der Waals surface area (Å²) >= 11 is 0. The van der Waals surface area contributed by atoms with E-state index in [0.717, 1.165) is 25.5 Å². The average Bonchev–Trinajstić information content (AvgIpc) is 3.33. The molecule has 30 heavy (non-hydrogen) atoms. The highest BCUT2D eigenvalue weighted by molar-refractivity contribution is 6.02. The quantitative estimate of drug-likeness (QED) is 0.697. The number of fused-ring (bicyclic) bond motifs is 1. The molecular formula is C21H24FN7O. The second-order valence-electron chi connectivity index (χ2n) is 8.18. The highest BCUT2D eigenvalue weighted by atomic mass is 19.1. The zero-order chi connectivity index (χ0) is 20.7. The van der Waals surface area contributed by atoms with Crippen LogP contribution in [0.2, 0.25) is 0 Å². The number of hydrogen-bond acceptors (Lipinski definition) is 6. The molecule has 3 aromatic rings. The lowest BCUT2D eigenvalue weighted by Gasteiger charge is -2.41. The number of anilines is 2. The minimum Gasteiger partial charge on any atom is -0.355 e. The predicted molar refractivity (Wildman–Crippen MR) is 111 cm³/mol. The normalized spacial score (nSPS) is 17.5. The Morgan fingerprint density at radius 1 is 1.20 bits per heavy atom. The number of likely N-dealkylation sites (tertiary alicyclic amines) is 1. The van der Waals surface area contributed by atoms with Gasteiger partial charge in [-0.05, 0) is 32.9 Å². The molecule has 3 aromatic heterocycles. The molecule has 0 aromatic carbocycles. The highest BCUT2D eigenvalue weighted by Gasteiger charge is 2.30. The molecule has 5 heterocycles. The van der Waals surface area contributed by atoms with Gasteiger partial charge in [0.15, 0.2) is 11.5 Å². The topological polar surface area (TPSA) is 78.7 Å². The Morgan fingerprint density at radius 2 is 2.00 bits per heavy atom. The smallest absolute Gasteiger partial charge is 0.275 e. The van der Waals surface area contributed by atoms with E-state index in [4.69, 9.17) is 0 Å². The predicted octanol–water partition coefficient (Wildman–Crippen LogP) is 2.36. The Balaban J connectivity index is 1.20. The summed E-state index contributed by atoms with van der Waals surface area (Å²) in [6.45, 7) is 7.33. The number of carbonyl (C=O) groups is 1. The molecule has 2 aliphatic rings. The summed E-state index contributed by atoms with van der Waals surface area (Å²) < 4.78 is 15.7. The van der Waals surface area contributed by atoms with E-state index in [1.165, 1.54) is 38.2 Å². The lowest BCUT2D eigenvalue weighted by Crippen LogP contribution is -2.51. The van der Waals surface area contributed by atoms with Crippen LogP contribution in [0.5, 0.6) is 0 Å². The van der Waals surface area contributed by atoms with E-state index in [9.17, 15) is 9.18 Å². The van der Waals surface area contributed by atoms with Gasteiger partial charge in [-0.3, -0.25) is 4.79 Å². The van der Waals surface area contributed by atoms with Crippen LogP contribution in [0.1, 0.15) is 29.0 Å². The summed E-state index contributed by atoms with van der Waals surface area (Å²) in [5.41, 5.74) is 1.45. The van der Waals surface area contributed by atoms with Crippen molar-refractivity contribution in [2.75, 3.05) is 42.9 Å². The Morgan fingerprint density at radius 3 is 2.73 bits per heavy atom. The maximum atomic E-state index is 14.2. The van der Waals surface area contributed by atoms with Gasteiger partial charge in [0.25, 0.3) is 5.91 Å². The van der Waals surface area contributed by atoms with Crippen LogP contribution in [0.25, 0.3) is 5.65 Å². The molecule has 0 aliphatic carbocycles. The van der Waals surface area contributed by atoms with E-state index in [0.29, 0.717) is 17.3 Å². The number of pyridine rings is 1. The number of aromatic nitrogens is 4. The molecule has 2 aliphatic heterocycles. The van der Waals surface area contributed by atoms with Crippen molar-refractivity contribution in [2.24, 2.45) is 5.92 Å². The molecule has 1 N–H and O–H groups in total. The molecular weight excluding hydrogens is 385 g/mol. The van der Waals surface area contributed by atoms with Crippen molar-refractivity contribution < 1.29 is 9.18 Å². The third-order valence-electron chi connectivity index (χ3n) is 5.75. The fourth-order valence-corrected chi connectivity index (χ4v) is 4.25. The van der Waals surface area contributed by atoms with Gasteiger partial charge < -0.3 is 19.5 Å². The fourth-order valence-electron chi connectivity index (χ4n) is 4.25. The number of hydrogen-bond donors (Lipinski definition) is 1. The minimum atomic E-state index is -0.497. The third kappa shape index (κ3) is 3.72. The van der Waals surface area contributed by atoms with Gasteiger partial charge in [-0.1, -0.05) is 0 Å². The van der Waals surface area contributed by atoms with E-state index in [-0.39, 0.29) is 11.3 Å². The summed E-state index contributed by atoms with van der Waals surface area (Å²) in [5, 5.41) is 2.68. The molecule has 5 rings (SSSR count). The summed E-state index contributed by atoms with van der Waals surface area (Å²) in [7, 11) is 0. The first-order chi connectivity index (χ1) is 14.5. The highest BCUT2D eigenvalue weighted by Crippen LogP contribution is 2.24. The monoisotopic (exact) mass is 409 g/mol. The van der Waals surface area contributed by atoms with Gasteiger partial charge in [-0.25, -0.2) is 19.3 Å². The molecule has 0 atom stereocenters. The number of nitrogens with zero attached hydrogens (tertiary/aromatic N) is 6. The van der Waals surface area contributed by atoms with Crippen molar-refractivity contribution in [3.63, 3.8) is 0 Å². The van der Waals surface area contributed by atoms with Crippen molar-refractivity contribution >= 4 is 23.1 Å². The Bertz CT molecular complexity index is 1070. The first-order valence-corrected chi connectivity index (χ1v) is 10.3. The zero-order valence-electron chi connectivity index (χ0n) is 16.9. The minimum absolute atomic E-state index is 0.190. The Hall–Kier alpha value is -3.07. The summed E-state index contributed by atoms with van der Waals surface area (Å²) in [6, 6.07) is 1.25. The van der Waals surface area contributed by atoms with Gasteiger partial charge in [0.2, 0.25) is 0 Å². The lowest BCUT2D eigenvalue weighted by atomic mass is 10.00. The third-order valence-corrected chi connectivity index (χ3v) is 5.75. The van der Waals surface area contributed by atoms with Crippen molar-refractivity contribution in [1.29, 1.82) is 0 Å². The SMILES string of the molecule is Cc1cn2cc(NC(=O)c3cnc(N4CC(CN5CCCC5)C4)cn3)cc(F)c2n1. The van der Waals surface area contributed by atoms with Crippen molar-refractivity contribution in [3.05, 3.63) is 48.1 Å². The zero-order valence-corrected chi connectivity index (χ0v) is 16.9. The number of imidazole rings is 1. The van der Waals surface area contributed by atoms with Crippen molar-refractivity contribution in [1.82, 2.24) is 24.3 Å². The molecule has 0 saturated carbocycles. The molecule has 156 valence electrons. The Kier molecular flexibility index (Phi) is 4.82. The summed E-state index contributed by atoms with van der Waals surface area (Å²) in [4.78, 5) is 30.0. The molecule has 1 amide bonds. The molecule has 0 unspecified atom stereocenters. The van der Waals surface area contributed by atoms with E-state index < -0.39 is 11.7 Å². The van der Waals surface area contributed by atoms with Gasteiger partial charge >= 0.3 is 0 Å². The van der Waals surface area contributed by atoms with Crippen LogP contribution in [0, 0.1) is 18.7 Å². The van der Waals surface area contributed by atoms with Crippen LogP contribution in [0.15, 0.2) is 30.9 Å². The van der Waals surface area contributed by atoms with Gasteiger partial charge in [-0.2, -0.15) is 0 Å². The van der Waals surface area contributed by atoms with E-state index in [1.807, 2.05) is 0 Å². The second kappa shape index (κ2) is 7.64. The van der Waals surface area contributed by atoms with Crippen LogP contribution in [0.3, 0.4) is 0 Å². The van der Waals surface area contributed by atoms with Crippen LogP contribution >= 0.6 is 0 Å². The number of nitrogens with one attached hydrogen (secondary N) is 1. The molecule has 9 heteroatoms. The maximum absolute atomic E-state index is 14.2. The Labute approximate surface area is 173 Å². The first kappa shape index (κ1) is 18.9. The molecule has 0 radical (unpaired) electrons. The average molecular weight is 409 g/mol. The van der Waals surface area contributed by atoms with Gasteiger partial charge in [-0.15, -0.1) is 0 Å².